The Labute approximate surface area is 139 Å². The van der Waals surface area contributed by atoms with E-state index < -0.39 is 0 Å². The van der Waals surface area contributed by atoms with Crippen LogP contribution in [0.4, 0.5) is 0 Å². The molecule has 114 valence electrons. The number of aromatic nitrogens is 2. The van der Waals surface area contributed by atoms with Gasteiger partial charge in [-0.1, -0.05) is 46.6 Å². The van der Waals surface area contributed by atoms with Gasteiger partial charge in [0.15, 0.2) is 0 Å². The lowest BCUT2D eigenvalue weighted by Gasteiger charge is -2.19. The van der Waals surface area contributed by atoms with Crippen LogP contribution >= 0.6 is 27.5 Å². The van der Waals surface area contributed by atoms with E-state index in [1.807, 2.05) is 14.0 Å². The maximum Gasteiger partial charge on any atom is 0.130 e. The van der Waals surface area contributed by atoms with E-state index in [9.17, 15) is 0 Å². The maximum atomic E-state index is 6.37. The molecule has 0 fully saturated rings. The van der Waals surface area contributed by atoms with Crippen molar-refractivity contribution in [3.63, 3.8) is 0 Å². The van der Waals surface area contributed by atoms with Crippen LogP contribution in [0, 0.1) is 6.92 Å². The summed E-state index contributed by atoms with van der Waals surface area (Å²) in [6, 6.07) is 8.70. The highest BCUT2D eigenvalue weighted by Crippen LogP contribution is 2.26. The lowest BCUT2D eigenvalue weighted by Crippen LogP contribution is -2.24. The van der Waals surface area contributed by atoms with E-state index in [0.717, 1.165) is 40.3 Å². The minimum atomic E-state index is 0.249. The van der Waals surface area contributed by atoms with Crippen molar-refractivity contribution in [2.24, 2.45) is 7.05 Å². The first-order chi connectivity index (χ1) is 10.0. The summed E-state index contributed by atoms with van der Waals surface area (Å²) in [6.45, 7) is 5.17. The van der Waals surface area contributed by atoms with Gasteiger partial charge in [0.25, 0.3) is 0 Å². The van der Waals surface area contributed by atoms with E-state index in [0.29, 0.717) is 0 Å². The molecule has 21 heavy (non-hydrogen) atoms. The highest BCUT2D eigenvalue weighted by atomic mass is 79.9. The fraction of sp³-hybridized carbons (Fsp3) is 0.438. The largest absolute Gasteiger partial charge is 0.310 e. The standard InChI is InChI=1S/C16H21BrClN3/c1-4-9-19-15(12-5-7-13(17)8-6-12)10-14-11(2)20-21(3)16(14)18/h5-8,15,19H,4,9-10H2,1-3H3. The van der Waals surface area contributed by atoms with E-state index in [2.05, 4.69) is 57.5 Å². The predicted molar refractivity (Wildman–Crippen MR) is 91.8 cm³/mol. The summed E-state index contributed by atoms with van der Waals surface area (Å²) < 4.78 is 2.83. The molecule has 5 heteroatoms. The molecular formula is C16H21BrClN3. The van der Waals surface area contributed by atoms with Gasteiger partial charge in [0.2, 0.25) is 0 Å². The van der Waals surface area contributed by atoms with E-state index in [4.69, 9.17) is 11.6 Å². The number of benzene rings is 1. The van der Waals surface area contributed by atoms with Gasteiger partial charge in [-0.05, 0) is 44.0 Å². The molecule has 0 saturated carbocycles. The molecule has 1 atom stereocenters. The Morgan fingerprint density at radius 1 is 1.33 bits per heavy atom. The van der Waals surface area contributed by atoms with Crippen LogP contribution in [-0.4, -0.2) is 16.3 Å². The van der Waals surface area contributed by atoms with Crippen molar-refractivity contribution in [1.82, 2.24) is 15.1 Å². The molecule has 0 amide bonds. The zero-order valence-electron chi connectivity index (χ0n) is 12.7. The molecule has 0 bridgehead atoms. The van der Waals surface area contributed by atoms with Crippen LogP contribution in [0.1, 0.15) is 36.2 Å². The second kappa shape index (κ2) is 7.43. The van der Waals surface area contributed by atoms with E-state index >= 15 is 0 Å². The summed E-state index contributed by atoms with van der Waals surface area (Å²) in [5.41, 5.74) is 3.39. The van der Waals surface area contributed by atoms with Crippen molar-refractivity contribution in [1.29, 1.82) is 0 Å². The molecule has 1 aromatic heterocycles. The first kappa shape index (κ1) is 16.5. The fourth-order valence-electron chi connectivity index (χ4n) is 2.43. The molecule has 2 aromatic rings. The molecule has 1 aromatic carbocycles. The zero-order chi connectivity index (χ0) is 15.4. The van der Waals surface area contributed by atoms with E-state index in [1.165, 1.54) is 5.56 Å². The molecule has 1 unspecified atom stereocenters. The number of halogens is 2. The summed E-state index contributed by atoms with van der Waals surface area (Å²) in [5, 5.41) is 8.74. The molecule has 0 aliphatic carbocycles. The Morgan fingerprint density at radius 2 is 2.00 bits per heavy atom. The number of nitrogens with one attached hydrogen (secondary N) is 1. The topological polar surface area (TPSA) is 29.9 Å². The Kier molecular flexibility index (Phi) is 5.85. The summed E-state index contributed by atoms with van der Waals surface area (Å²) >= 11 is 9.86. The second-order valence-electron chi connectivity index (χ2n) is 5.24. The average Bonchev–Trinajstić information content (AvgIpc) is 2.70. The molecule has 1 N–H and O–H groups in total. The van der Waals surface area contributed by atoms with Gasteiger partial charge in [-0.15, -0.1) is 0 Å². The van der Waals surface area contributed by atoms with Crippen molar-refractivity contribution in [3.8, 4) is 0 Å². The lowest BCUT2D eigenvalue weighted by molar-refractivity contribution is 0.528. The van der Waals surface area contributed by atoms with Crippen molar-refractivity contribution < 1.29 is 0 Å². The normalized spacial score (nSPS) is 12.6. The molecule has 0 spiro atoms. The van der Waals surface area contributed by atoms with E-state index in [1.54, 1.807) is 4.68 Å². The van der Waals surface area contributed by atoms with Crippen LogP contribution in [-0.2, 0) is 13.5 Å². The molecular weight excluding hydrogens is 350 g/mol. The molecule has 0 saturated heterocycles. The molecule has 3 nitrogen and oxygen atoms in total. The molecule has 2 rings (SSSR count). The molecule has 0 radical (unpaired) electrons. The number of hydrogen-bond donors (Lipinski definition) is 1. The van der Waals surface area contributed by atoms with Gasteiger partial charge in [0, 0.05) is 23.1 Å². The van der Waals surface area contributed by atoms with Crippen molar-refractivity contribution >= 4 is 27.5 Å². The third-order valence-electron chi connectivity index (χ3n) is 3.59. The van der Waals surface area contributed by atoms with Gasteiger partial charge in [-0.25, -0.2) is 0 Å². The van der Waals surface area contributed by atoms with Gasteiger partial charge in [0.05, 0.1) is 5.69 Å². The first-order valence-corrected chi connectivity index (χ1v) is 8.36. The number of aryl methyl sites for hydroxylation is 2. The fourth-order valence-corrected chi connectivity index (χ4v) is 2.95. The number of nitrogens with zero attached hydrogens (tertiary/aromatic N) is 2. The van der Waals surface area contributed by atoms with Gasteiger partial charge in [0.1, 0.15) is 5.15 Å². The van der Waals surface area contributed by atoms with Crippen LogP contribution in [0.25, 0.3) is 0 Å². The van der Waals surface area contributed by atoms with Crippen molar-refractivity contribution in [2.75, 3.05) is 6.54 Å². The summed E-state index contributed by atoms with van der Waals surface area (Å²) in [6.07, 6.45) is 1.95. The Bertz CT molecular complexity index is 592. The maximum absolute atomic E-state index is 6.37. The smallest absolute Gasteiger partial charge is 0.130 e. The molecule has 1 heterocycles. The number of hydrogen-bond acceptors (Lipinski definition) is 2. The highest BCUT2D eigenvalue weighted by molar-refractivity contribution is 9.10. The average molecular weight is 371 g/mol. The molecule has 0 aliphatic heterocycles. The summed E-state index contributed by atoms with van der Waals surface area (Å²) in [4.78, 5) is 0. The van der Waals surface area contributed by atoms with Crippen LogP contribution in [0.5, 0.6) is 0 Å². The third-order valence-corrected chi connectivity index (χ3v) is 4.59. The number of rotatable bonds is 6. The Hall–Kier alpha value is -0.840. The lowest BCUT2D eigenvalue weighted by atomic mass is 9.99. The minimum Gasteiger partial charge on any atom is -0.310 e. The predicted octanol–water partition coefficient (Wildman–Crippen LogP) is 4.43. The van der Waals surface area contributed by atoms with Gasteiger partial charge >= 0.3 is 0 Å². The quantitative estimate of drug-likeness (QED) is 0.815. The monoisotopic (exact) mass is 369 g/mol. The second-order valence-corrected chi connectivity index (χ2v) is 6.51. The Balaban J connectivity index is 2.25. The zero-order valence-corrected chi connectivity index (χ0v) is 15.0. The van der Waals surface area contributed by atoms with Crippen molar-refractivity contribution in [2.45, 2.75) is 32.7 Å². The Morgan fingerprint density at radius 3 is 2.52 bits per heavy atom. The summed E-state index contributed by atoms with van der Waals surface area (Å²) in [7, 11) is 1.88. The SMILES string of the molecule is CCCNC(Cc1c(C)nn(C)c1Cl)c1ccc(Br)cc1. The van der Waals surface area contributed by atoms with Crippen LogP contribution in [0.15, 0.2) is 28.7 Å². The van der Waals surface area contributed by atoms with Crippen molar-refractivity contribution in [3.05, 3.63) is 50.7 Å². The summed E-state index contributed by atoms with van der Waals surface area (Å²) in [5.74, 6) is 0. The highest BCUT2D eigenvalue weighted by Gasteiger charge is 2.18. The third kappa shape index (κ3) is 4.09. The minimum absolute atomic E-state index is 0.249. The van der Waals surface area contributed by atoms with Crippen LogP contribution in [0.2, 0.25) is 5.15 Å². The van der Waals surface area contributed by atoms with Gasteiger partial charge in [-0.2, -0.15) is 5.10 Å². The first-order valence-electron chi connectivity index (χ1n) is 7.19. The van der Waals surface area contributed by atoms with Crippen LogP contribution in [0.3, 0.4) is 0 Å². The van der Waals surface area contributed by atoms with E-state index in [-0.39, 0.29) is 6.04 Å². The van der Waals surface area contributed by atoms with Crippen LogP contribution < -0.4 is 5.32 Å². The van der Waals surface area contributed by atoms with Gasteiger partial charge in [-0.3, -0.25) is 4.68 Å². The molecule has 0 aliphatic rings. The van der Waals surface area contributed by atoms with Gasteiger partial charge < -0.3 is 5.32 Å².